The van der Waals surface area contributed by atoms with Crippen molar-refractivity contribution in [3.63, 3.8) is 0 Å². The van der Waals surface area contributed by atoms with Crippen LogP contribution in [0.25, 0.3) is 21.2 Å². The van der Waals surface area contributed by atoms with Crippen LogP contribution in [0.3, 0.4) is 0 Å². The third kappa shape index (κ3) is 7.06. The van der Waals surface area contributed by atoms with E-state index >= 15 is 0 Å². The van der Waals surface area contributed by atoms with Crippen LogP contribution in [0.4, 0.5) is 34.1 Å². The van der Waals surface area contributed by atoms with Gasteiger partial charge in [0.15, 0.2) is 0 Å². The Morgan fingerprint density at radius 2 is 1.08 bits per heavy atom. The number of rotatable bonds is 3. The highest BCUT2D eigenvalue weighted by Crippen LogP contribution is 2.59. The van der Waals surface area contributed by atoms with Gasteiger partial charge in [0.2, 0.25) is 0 Å². The summed E-state index contributed by atoms with van der Waals surface area (Å²) in [7, 11) is 0. The van der Waals surface area contributed by atoms with Gasteiger partial charge in [0.05, 0.1) is 5.69 Å². The van der Waals surface area contributed by atoms with Crippen LogP contribution in [-0.4, -0.2) is 6.71 Å². The summed E-state index contributed by atoms with van der Waals surface area (Å²) in [5.74, 6) is 3.75. The summed E-state index contributed by atoms with van der Waals surface area (Å²) < 4.78 is 2.88. The first kappa shape index (κ1) is 45.8. The van der Waals surface area contributed by atoms with E-state index < -0.39 is 0 Å². The standard InChI is InChI=1S/C67H75BN2S/c1-64(2,3)43-24-29-46(30-25-43)69-56-33-28-45(66(7,8)9)37-55(56)68-61-57(69)35-42(60-48-20-14-12-18-40(48)34-41-19-13-15-21-49(41)60)36-58(61)70(47-31-26-44(27-32-47)65(4,5)6)62-52-38-51-50-22-16-17-23-53(50)67(10,11)54(51)39-59(52)71-63(62)68/h16-17,22-33,35-41,48-49,60H,12-15,18-21,34H2,1-11H3. The second-order valence-electron chi connectivity index (χ2n) is 26.8. The molecule has 3 heterocycles. The summed E-state index contributed by atoms with van der Waals surface area (Å²) in [5, 5.41) is 1.39. The zero-order valence-electron chi connectivity index (χ0n) is 44.6. The molecule has 3 saturated carbocycles. The lowest BCUT2D eigenvalue weighted by molar-refractivity contribution is 0.0264. The molecule has 4 aliphatic carbocycles. The Labute approximate surface area is 430 Å². The molecule has 0 N–H and O–H groups in total. The van der Waals surface area contributed by atoms with Crippen molar-refractivity contribution in [2.75, 3.05) is 9.80 Å². The first-order valence-corrected chi connectivity index (χ1v) is 28.5. The average Bonchev–Trinajstić information content (AvgIpc) is 3.82. The molecular weight excluding hydrogens is 876 g/mol. The molecule has 7 aromatic rings. The van der Waals surface area contributed by atoms with Gasteiger partial charge in [-0.3, -0.25) is 0 Å². The van der Waals surface area contributed by atoms with Crippen molar-refractivity contribution in [3.05, 3.63) is 149 Å². The third-order valence-electron chi connectivity index (χ3n) is 19.1. The van der Waals surface area contributed by atoms with E-state index in [1.807, 2.05) is 0 Å². The van der Waals surface area contributed by atoms with Gasteiger partial charge in [-0.25, -0.2) is 0 Å². The van der Waals surface area contributed by atoms with Gasteiger partial charge in [-0.15, -0.1) is 11.3 Å². The molecule has 13 rings (SSSR count). The minimum Gasteiger partial charge on any atom is -0.311 e. The van der Waals surface area contributed by atoms with E-state index in [4.69, 9.17) is 0 Å². The van der Waals surface area contributed by atoms with Gasteiger partial charge in [-0.1, -0.05) is 175 Å². The Bertz CT molecular complexity index is 3240. The fourth-order valence-corrected chi connectivity index (χ4v) is 16.7. The Kier molecular flexibility index (Phi) is 10.3. The Balaban J connectivity index is 1.15. The first-order valence-electron chi connectivity index (χ1n) is 27.7. The molecule has 0 spiro atoms. The number of fused-ring (bicyclic) bond motifs is 11. The van der Waals surface area contributed by atoms with Gasteiger partial charge >= 0.3 is 0 Å². The maximum absolute atomic E-state index is 2.80. The van der Waals surface area contributed by atoms with Gasteiger partial charge in [-0.05, 0) is 175 Å². The molecule has 3 fully saturated rings. The number of hydrogen-bond acceptors (Lipinski definition) is 3. The maximum atomic E-state index is 2.80. The number of anilines is 6. The summed E-state index contributed by atoms with van der Waals surface area (Å²) in [6.45, 7) is 26.2. The second kappa shape index (κ2) is 16.0. The van der Waals surface area contributed by atoms with Crippen LogP contribution in [0.5, 0.6) is 0 Å². The van der Waals surface area contributed by atoms with Crippen molar-refractivity contribution >= 4 is 78.0 Å². The van der Waals surface area contributed by atoms with Gasteiger partial charge in [0.25, 0.3) is 6.71 Å². The fourth-order valence-electron chi connectivity index (χ4n) is 15.3. The number of hydrogen-bond donors (Lipinski definition) is 0. The van der Waals surface area contributed by atoms with Crippen LogP contribution in [0.2, 0.25) is 0 Å². The molecular formula is C67H75BN2S. The molecule has 6 aromatic carbocycles. The molecule has 4 heteroatoms. The average molecular weight is 951 g/mol. The monoisotopic (exact) mass is 951 g/mol. The molecule has 0 amide bonds. The molecule has 0 radical (unpaired) electrons. The molecule has 2 aliphatic heterocycles. The van der Waals surface area contributed by atoms with E-state index in [0.29, 0.717) is 5.92 Å². The number of benzene rings is 6. The molecule has 0 bridgehead atoms. The van der Waals surface area contributed by atoms with E-state index in [9.17, 15) is 0 Å². The summed E-state index contributed by atoms with van der Waals surface area (Å²) in [6.07, 6.45) is 12.6. The van der Waals surface area contributed by atoms with Crippen LogP contribution >= 0.6 is 11.3 Å². The predicted octanol–water partition coefficient (Wildman–Crippen LogP) is 17.3. The van der Waals surface area contributed by atoms with Crippen LogP contribution in [0.1, 0.15) is 173 Å². The minimum atomic E-state index is -0.0752. The van der Waals surface area contributed by atoms with Gasteiger partial charge in [0.1, 0.15) is 0 Å². The summed E-state index contributed by atoms with van der Waals surface area (Å²) in [5.41, 5.74) is 22.4. The maximum Gasteiger partial charge on any atom is 0.264 e. The first-order chi connectivity index (χ1) is 33.9. The predicted molar refractivity (Wildman–Crippen MR) is 308 cm³/mol. The summed E-state index contributed by atoms with van der Waals surface area (Å²) in [6, 6.07) is 47.1. The van der Waals surface area contributed by atoms with E-state index in [1.54, 1.807) is 5.56 Å². The van der Waals surface area contributed by atoms with Crippen molar-refractivity contribution in [1.82, 2.24) is 0 Å². The van der Waals surface area contributed by atoms with Gasteiger partial charge in [-0.2, -0.15) is 0 Å². The van der Waals surface area contributed by atoms with E-state index in [1.165, 1.54) is 157 Å². The molecule has 6 aliphatic rings. The topological polar surface area (TPSA) is 6.48 Å². The van der Waals surface area contributed by atoms with Crippen LogP contribution in [0, 0.1) is 23.7 Å². The van der Waals surface area contributed by atoms with Crippen LogP contribution < -0.4 is 25.5 Å². The van der Waals surface area contributed by atoms with Crippen molar-refractivity contribution in [1.29, 1.82) is 0 Å². The van der Waals surface area contributed by atoms with Crippen molar-refractivity contribution < 1.29 is 0 Å². The van der Waals surface area contributed by atoms with Crippen LogP contribution in [-0.2, 0) is 21.7 Å². The van der Waals surface area contributed by atoms with Crippen molar-refractivity contribution in [3.8, 4) is 11.1 Å². The highest BCUT2D eigenvalue weighted by atomic mass is 32.1. The smallest absolute Gasteiger partial charge is 0.264 e. The zero-order valence-corrected chi connectivity index (χ0v) is 45.4. The molecule has 2 nitrogen and oxygen atoms in total. The Hall–Kier alpha value is -5.06. The number of nitrogens with zero attached hydrogens (tertiary/aromatic N) is 2. The van der Waals surface area contributed by atoms with E-state index in [0.717, 1.165) is 23.7 Å². The fraction of sp³-hybridized carbons (Fsp3) is 0.433. The Morgan fingerprint density at radius 1 is 0.535 bits per heavy atom. The molecule has 4 atom stereocenters. The highest BCUT2D eigenvalue weighted by molar-refractivity contribution is 7.33. The van der Waals surface area contributed by atoms with Gasteiger partial charge in [0, 0.05) is 48.7 Å². The Morgan fingerprint density at radius 3 is 1.69 bits per heavy atom. The zero-order chi connectivity index (χ0) is 49.1. The third-order valence-corrected chi connectivity index (χ3v) is 20.3. The second-order valence-corrected chi connectivity index (χ2v) is 27.8. The lowest BCUT2D eigenvalue weighted by Crippen LogP contribution is -2.60. The summed E-state index contributed by atoms with van der Waals surface area (Å²) >= 11 is 2.07. The molecule has 1 aromatic heterocycles. The summed E-state index contributed by atoms with van der Waals surface area (Å²) in [4.78, 5) is 5.51. The SMILES string of the molecule is CC(C)(C)c1ccc(N2c3ccc(C(C)(C)C)cc3B3c4sc5cc6c(cc5c4N(c4ccc(C(C)(C)C)cc4)c4cc(C5C7CCCCC7CC7CCCCC75)cc2c43)-c2ccccc2C6(C)C)cc1. The van der Waals surface area contributed by atoms with Crippen molar-refractivity contribution in [2.24, 2.45) is 23.7 Å². The van der Waals surface area contributed by atoms with Crippen molar-refractivity contribution in [2.45, 2.75) is 162 Å². The van der Waals surface area contributed by atoms with Gasteiger partial charge < -0.3 is 9.80 Å². The highest BCUT2D eigenvalue weighted by Gasteiger charge is 2.50. The largest absolute Gasteiger partial charge is 0.311 e. The molecule has 4 unspecified atom stereocenters. The molecule has 0 saturated heterocycles. The quantitative estimate of drug-likeness (QED) is 0.163. The normalized spacial score (nSPS) is 23.1. The lowest BCUT2D eigenvalue weighted by atomic mass is 9.36. The minimum absolute atomic E-state index is 0.00644. The van der Waals surface area contributed by atoms with E-state index in [-0.39, 0.29) is 28.4 Å². The molecule has 362 valence electrons. The lowest BCUT2D eigenvalue weighted by Gasteiger charge is -2.52. The van der Waals surface area contributed by atoms with E-state index in [2.05, 4.69) is 213 Å². The van der Waals surface area contributed by atoms with Crippen LogP contribution in [0.15, 0.2) is 115 Å². The molecule has 71 heavy (non-hydrogen) atoms. The number of thiophene rings is 1.